The summed E-state index contributed by atoms with van der Waals surface area (Å²) in [6.45, 7) is 15.2. The van der Waals surface area contributed by atoms with E-state index in [9.17, 15) is 4.79 Å². The van der Waals surface area contributed by atoms with Crippen LogP contribution in [0.1, 0.15) is 45.0 Å². The topological polar surface area (TPSA) is 78.7 Å². The Morgan fingerprint density at radius 2 is 1.95 bits per heavy atom. The molecule has 5 rings (SSSR count). The van der Waals surface area contributed by atoms with E-state index in [0.29, 0.717) is 17.8 Å². The maximum Gasteiger partial charge on any atom is 0.251 e. The van der Waals surface area contributed by atoms with E-state index < -0.39 is 0 Å². The normalized spacial score (nSPS) is 15.7. The third kappa shape index (κ3) is 5.24. The maximum atomic E-state index is 13.3. The van der Waals surface area contributed by atoms with Crippen molar-refractivity contribution in [1.82, 2.24) is 29.8 Å². The van der Waals surface area contributed by atoms with E-state index in [1.165, 1.54) is 0 Å². The van der Waals surface area contributed by atoms with Gasteiger partial charge >= 0.3 is 0 Å². The van der Waals surface area contributed by atoms with Gasteiger partial charge in [0.05, 0.1) is 28.0 Å². The van der Waals surface area contributed by atoms with Crippen LogP contribution < -0.4 is 10.2 Å². The Kier molecular flexibility index (Phi) is 7.00. The number of hydrogen-bond donors (Lipinski definition) is 1. The lowest BCUT2D eigenvalue weighted by atomic mass is 9.84. The van der Waals surface area contributed by atoms with Crippen LogP contribution in [0.2, 0.25) is 0 Å². The molecule has 1 aliphatic rings. The minimum Gasteiger partial charge on any atom is -0.355 e. The number of thiophene rings is 1. The second-order valence-electron chi connectivity index (χ2n) is 10.5. The van der Waals surface area contributed by atoms with E-state index in [1.54, 1.807) is 22.0 Å². The van der Waals surface area contributed by atoms with Crippen LogP contribution in [-0.2, 0) is 0 Å². The Morgan fingerprint density at radius 1 is 1.16 bits per heavy atom. The van der Waals surface area contributed by atoms with Crippen LogP contribution in [0.3, 0.4) is 0 Å². The van der Waals surface area contributed by atoms with Gasteiger partial charge in [-0.05, 0) is 55.1 Å². The molecule has 8 nitrogen and oxygen atoms in total. The van der Waals surface area contributed by atoms with Gasteiger partial charge in [-0.3, -0.25) is 9.69 Å². The smallest absolute Gasteiger partial charge is 0.251 e. The first-order valence-corrected chi connectivity index (χ1v) is 13.8. The number of carbonyl (C=O) groups excluding carboxylic acids is 1. The van der Waals surface area contributed by atoms with Crippen molar-refractivity contribution in [1.29, 1.82) is 0 Å². The number of pyridine rings is 1. The molecule has 4 aromatic rings. The molecule has 5 heterocycles. The Balaban J connectivity index is 1.50. The molecule has 1 saturated heterocycles. The van der Waals surface area contributed by atoms with Crippen LogP contribution >= 0.6 is 11.3 Å². The fraction of sp³-hybridized carbons (Fsp3) is 0.429. The SMILES string of the molecule is CCN(CC)C(C)CNC(=O)c1cc(-c2cnn3ccc(-c4cccs4)nc23)nc(N2CC(C)(C)C2)c1. The highest BCUT2D eigenvalue weighted by Crippen LogP contribution is 2.35. The number of aromatic nitrogens is 4. The van der Waals surface area contributed by atoms with Crippen molar-refractivity contribution in [3.63, 3.8) is 0 Å². The van der Waals surface area contributed by atoms with Crippen molar-refractivity contribution in [2.75, 3.05) is 37.6 Å². The summed E-state index contributed by atoms with van der Waals surface area (Å²) in [6.07, 6.45) is 3.71. The Morgan fingerprint density at radius 3 is 2.62 bits per heavy atom. The van der Waals surface area contributed by atoms with Crippen molar-refractivity contribution < 1.29 is 4.79 Å². The van der Waals surface area contributed by atoms with E-state index in [-0.39, 0.29) is 17.4 Å². The average Bonchev–Trinajstić information content (AvgIpc) is 3.56. The summed E-state index contributed by atoms with van der Waals surface area (Å²) in [7, 11) is 0. The van der Waals surface area contributed by atoms with Crippen molar-refractivity contribution in [3.05, 3.63) is 53.7 Å². The Hall–Kier alpha value is -3.30. The van der Waals surface area contributed by atoms with Gasteiger partial charge in [-0.2, -0.15) is 5.10 Å². The van der Waals surface area contributed by atoms with Gasteiger partial charge < -0.3 is 10.2 Å². The van der Waals surface area contributed by atoms with Gasteiger partial charge in [0.2, 0.25) is 0 Å². The zero-order valence-corrected chi connectivity index (χ0v) is 23.0. The minimum absolute atomic E-state index is 0.0904. The van der Waals surface area contributed by atoms with Crippen LogP contribution in [-0.4, -0.2) is 69.2 Å². The summed E-state index contributed by atoms with van der Waals surface area (Å²) in [5.74, 6) is 0.722. The lowest BCUT2D eigenvalue weighted by molar-refractivity contribution is 0.0938. The second-order valence-corrected chi connectivity index (χ2v) is 11.5. The predicted molar refractivity (Wildman–Crippen MR) is 150 cm³/mol. The third-order valence-electron chi connectivity index (χ3n) is 7.05. The van der Waals surface area contributed by atoms with E-state index >= 15 is 0 Å². The van der Waals surface area contributed by atoms with Gasteiger partial charge in [-0.25, -0.2) is 14.5 Å². The van der Waals surface area contributed by atoms with Gasteiger partial charge in [0, 0.05) is 37.4 Å². The summed E-state index contributed by atoms with van der Waals surface area (Å²) >= 11 is 1.65. The number of fused-ring (bicyclic) bond motifs is 1. The second kappa shape index (κ2) is 10.2. The molecule has 1 amide bonds. The van der Waals surface area contributed by atoms with E-state index in [0.717, 1.165) is 53.8 Å². The first-order valence-electron chi connectivity index (χ1n) is 13.0. The fourth-order valence-electron chi connectivity index (χ4n) is 5.03. The first-order chi connectivity index (χ1) is 17.8. The molecule has 1 fully saturated rings. The third-order valence-corrected chi connectivity index (χ3v) is 7.94. The van der Waals surface area contributed by atoms with Gasteiger partial charge in [0.1, 0.15) is 5.82 Å². The van der Waals surface area contributed by atoms with Gasteiger partial charge in [0.25, 0.3) is 5.91 Å². The molecule has 4 aromatic heterocycles. The summed E-state index contributed by atoms with van der Waals surface area (Å²) < 4.78 is 1.76. The molecule has 0 saturated carbocycles. The minimum atomic E-state index is -0.0904. The number of nitrogens with one attached hydrogen (secondary N) is 1. The molecule has 0 aliphatic carbocycles. The Labute approximate surface area is 222 Å². The number of hydrogen-bond acceptors (Lipinski definition) is 7. The molecule has 1 unspecified atom stereocenters. The molecule has 1 N–H and O–H groups in total. The number of amides is 1. The number of nitrogens with zero attached hydrogens (tertiary/aromatic N) is 6. The number of likely N-dealkylation sites (N-methyl/N-ethyl adjacent to an activating group) is 1. The fourth-order valence-corrected chi connectivity index (χ4v) is 5.72. The first kappa shape index (κ1) is 25.4. The van der Waals surface area contributed by atoms with Crippen LogP contribution in [0.4, 0.5) is 5.82 Å². The molecular formula is C28H35N7OS. The van der Waals surface area contributed by atoms with Crippen molar-refractivity contribution in [2.45, 2.75) is 40.7 Å². The van der Waals surface area contributed by atoms with Gasteiger partial charge in [-0.1, -0.05) is 33.8 Å². The van der Waals surface area contributed by atoms with E-state index in [4.69, 9.17) is 9.97 Å². The van der Waals surface area contributed by atoms with Crippen molar-refractivity contribution >= 4 is 28.7 Å². The summed E-state index contributed by atoms with van der Waals surface area (Å²) in [5, 5.41) is 9.71. The molecule has 1 aliphatic heterocycles. The highest BCUT2D eigenvalue weighted by Gasteiger charge is 2.35. The molecule has 0 radical (unpaired) electrons. The van der Waals surface area contributed by atoms with Crippen LogP contribution in [0.25, 0.3) is 27.5 Å². The summed E-state index contributed by atoms with van der Waals surface area (Å²) in [4.78, 5) is 28.9. The maximum absolute atomic E-state index is 13.3. The molecule has 37 heavy (non-hydrogen) atoms. The van der Waals surface area contributed by atoms with Crippen LogP contribution in [0, 0.1) is 5.41 Å². The molecule has 194 valence electrons. The van der Waals surface area contributed by atoms with E-state index in [2.05, 4.69) is 60.9 Å². The summed E-state index contributed by atoms with van der Waals surface area (Å²) in [5.41, 5.74) is 3.97. The Bertz CT molecular complexity index is 1380. The summed E-state index contributed by atoms with van der Waals surface area (Å²) in [6, 6.07) is 10.1. The predicted octanol–water partition coefficient (Wildman–Crippen LogP) is 4.83. The molecule has 1 atom stereocenters. The zero-order chi connectivity index (χ0) is 26.2. The lowest BCUT2D eigenvalue weighted by Crippen LogP contribution is -2.53. The average molecular weight is 518 g/mol. The van der Waals surface area contributed by atoms with Crippen molar-refractivity contribution in [2.24, 2.45) is 5.41 Å². The highest BCUT2D eigenvalue weighted by molar-refractivity contribution is 7.13. The van der Waals surface area contributed by atoms with Crippen molar-refractivity contribution in [3.8, 4) is 21.8 Å². The molecule has 9 heteroatoms. The van der Waals surface area contributed by atoms with Gasteiger partial charge in [-0.15, -0.1) is 11.3 Å². The molecule has 0 aromatic carbocycles. The van der Waals surface area contributed by atoms with Crippen LogP contribution in [0.5, 0.6) is 0 Å². The van der Waals surface area contributed by atoms with Crippen LogP contribution in [0.15, 0.2) is 48.1 Å². The monoisotopic (exact) mass is 517 g/mol. The quantitative estimate of drug-likeness (QED) is 0.343. The number of anilines is 1. The molecule has 0 spiro atoms. The number of carbonyl (C=O) groups is 1. The molecule has 0 bridgehead atoms. The lowest BCUT2D eigenvalue weighted by Gasteiger charge is -2.46. The largest absolute Gasteiger partial charge is 0.355 e. The standard InChI is InChI=1S/C28H35N7OS/c1-6-33(7-2)19(3)15-29-27(36)20-13-23(31-25(14-20)34-17-28(4,5)18-34)21-16-30-35-11-10-22(32-26(21)35)24-9-8-12-37-24/h8-14,16,19H,6-7,15,17-18H2,1-5H3,(H,29,36). The highest BCUT2D eigenvalue weighted by atomic mass is 32.1. The molecular weight excluding hydrogens is 482 g/mol. The number of rotatable bonds is 9. The zero-order valence-electron chi connectivity index (χ0n) is 22.2. The van der Waals surface area contributed by atoms with Gasteiger partial charge in [0.15, 0.2) is 5.65 Å². The van der Waals surface area contributed by atoms with E-state index in [1.807, 2.05) is 35.8 Å².